The third-order valence-corrected chi connectivity index (χ3v) is 22.5. The highest BCUT2D eigenvalue weighted by molar-refractivity contribution is 6.90. The van der Waals surface area contributed by atoms with Crippen LogP contribution in [0.4, 0.5) is 0 Å². The Morgan fingerprint density at radius 2 is 1.36 bits per heavy atom. The third kappa shape index (κ3) is 18.4. The maximum atomic E-state index is 14.5. The summed E-state index contributed by atoms with van der Waals surface area (Å²) in [5, 5.41) is 10.7. The van der Waals surface area contributed by atoms with E-state index in [1.807, 2.05) is 20.8 Å². The average Bonchev–Trinajstić information content (AvgIpc) is 3.81. The summed E-state index contributed by atoms with van der Waals surface area (Å²) >= 11 is 0. The van der Waals surface area contributed by atoms with Crippen LogP contribution in [0.5, 0.6) is 0 Å². The molecule has 0 saturated carbocycles. The smallest absolute Gasteiger partial charge is 0.465 e. The van der Waals surface area contributed by atoms with Gasteiger partial charge < -0.3 is 36.2 Å². The number of hydrogen-bond acceptors (Lipinski definition) is 12. The van der Waals surface area contributed by atoms with Crippen LogP contribution in [-0.2, 0) is 45.7 Å². The van der Waals surface area contributed by atoms with Crippen molar-refractivity contribution < 1.29 is 45.7 Å². The van der Waals surface area contributed by atoms with Gasteiger partial charge in [-0.05, 0) is 137 Å². The van der Waals surface area contributed by atoms with Gasteiger partial charge in [0.1, 0.15) is 12.7 Å². The molecular weight excluding hydrogens is 805 g/mol. The van der Waals surface area contributed by atoms with E-state index in [2.05, 4.69) is 83.4 Å². The predicted octanol–water partition coefficient (Wildman–Crippen LogP) is 9.44. The third-order valence-electron chi connectivity index (χ3n) is 10.4. The van der Waals surface area contributed by atoms with Crippen molar-refractivity contribution in [3.05, 3.63) is 12.3 Å². The number of unbranched alkanes of at least 4 members (excludes halogenated alkanes) is 1. The predicted molar refractivity (Wildman–Crippen MR) is 238 cm³/mol. The lowest BCUT2D eigenvalue weighted by atomic mass is 9.69. The van der Waals surface area contributed by atoms with Crippen LogP contribution in [0.1, 0.15) is 98.8 Å². The van der Waals surface area contributed by atoms with Crippen LogP contribution in [0, 0.1) is 34.0 Å². The number of likely N-dealkylation sites (tertiary alicyclic amines) is 1. The van der Waals surface area contributed by atoms with Crippen molar-refractivity contribution in [2.24, 2.45) is 22.7 Å². The van der Waals surface area contributed by atoms with Crippen molar-refractivity contribution in [3.63, 3.8) is 0 Å². The fourth-order valence-corrected chi connectivity index (χ4v) is 22.5. The van der Waals surface area contributed by atoms with Crippen molar-refractivity contribution in [2.45, 2.75) is 176 Å². The SMILES string of the molecule is C=C1CCCN1C(C)CC(C)(CC(C#N)CC(C)(CC(CC)C(=O)OCCCC)C(=O)OCC1CO1)C(=O)OCCC[Si](O[Si](C)(C)C)(O[Si](C)(C)C)O[Si](C)(C)C. The van der Waals surface area contributed by atoms with Gasteiger partial charge in [-0.3, -0.25) is 14.4 Å². The van der Waals surface area contributed by atoms with E-state index in [1.54, 1.807) is 6.92 Å². The Kier molecular flexibility index (Phi) is 20.1. The highest BCUT2D eigenvalue weighted by Gasteiger charge is 2.50. The van der Waals surface area contributed by atoms with Gasteiger partial charge in [0.25, 0.3) is 0 Å². The number of hydrogen-bond donors (Lipinski definition) is 0. The molecule has 6 unspecified atom stereocenters. The van der Waals surface area contributed by atoms with E-state index in [4.69, 9.17) is 31.3 Å². The molecule has 58 heavy (non-hydrogen) atoms. The molecule has 12 nitrogen and oxygen atoms in total. The quantitative estimate of drug-likeness (QED) is 0.0243. The Balaban J connectivity index is 2.41. The maximum Gasteiger partial charge on any atom is 0.469 e. The molecule has 2 aliphatic heterocycles. The molecule has 2 aliphatic rings. The van der Waals surface area contributed by atoms with Crippen LogP contribution < -0.4 is 0 Å². The summed E-state index contributed by atoms with van der Waals surface area (Å²) in [4.78, 5) is 43.9. The molecule has 6 atom stereocenters. The van der Waals surface area contributed by atoms with E-state index in [-0.39, 0.29) is 56.6 Å². The van der Waals surface area contributed by atoms with Crippen LogP contribution in [0.25, 0.3) is 0 Å². The number of allylic oxidation sites excluding steroid dienone is 1. The fourth-order valence-electron chi connectivity index (χ4n) is 7.92. The summed E-state index contributed by atoms with van der Waals surface area (Å²) in [5.74, 6) is -2.51. The van der Waals surface area contributed by atoms with Crippen LogP contribution in [0.2, 0.25) is 65.0 Å². The number of nitriles is 1. The number of esters is 3. The Morgan fingerprint density at radius 3 is 1.81 bits per heavy atom. The number of rotatable bonds is 28. The Hall–Kier alpha value is -1.85. The van der Waals surface area contributed by atoms with Crippen molar-refractivity contribution in [2.75, 3.05) is 33.0 Å². The van der Waals surface area contributed by atoms with Crippen LogP contribution in [-0.4, -0.2) is 102 Å². The van der Waals surface area contributed by atoms with Gasteiger partial charge in [-0.25, -0.2) is 0 Å². The van der Waals surface area contributed by atoms with Gasteiger partial charge in [0, 0.05) is 30.2 Å². The Labute approximate surface area is 356 Å². The second kappa shape index (κ2) is 22.3. The summed E-state index contributed by atoms with van der Waals surface area (Å²) in [6, 6.07) is 2.94. The Bertz CT molecular complexity index is 1360. The maximum absolute atomic E-state index is 14.5. The minimum Gasteiger partial charge on any atom is -0.465 e. The zero-order valence-electron chi connectivity index (χ0n) is 38.8. The van der Waals surface area contributed by atoms with Crippen LogP contribution >= 0.6 is 0 Å². The van der Waals surface area contributed by atoms with Crippen molar-refractivity contribution in [1.29, 1.82) is 5.26 Å². The first-order chi connectivity index (χ1) is 26.7. The zero-order chi connectivity index (χ0) is 44.2. The number of carbonyl (C=O) groups excluding carboxylic acids is 3. The zero-order valence-corrected chi connectivity index (χ0v) is 42.8. The van der Waals surface area contributed by atoms with Gasteiger partial charge >= 0.3 is 26.7 Å². The number of ether oxygens (including phenoxy) is 4. The molecule has 0 aromatic heterocycles. The van der Waals surface area contributed by atoms with Gasteiger partial charge in [0.2, 0.25) is 0 Å². The molecule has 0 amide bonds. The average molecular weight is 885 g/mol. The van der Waals surface area contributed by atoms with Gasteiger partial charge in [-0.1, -0.05) is 26.8 Å². The second-order valence-electron chi connectivity index (χ2n) is 20.2. The standard InChI is InChI=1S/C42H80N2O10Si4/c1-16-18-23-48-38(45)36(17-2)29-42(6,40(47)51-32-37-31-50-37)28-35(30-43)27-41(5,26-34(4)44-22-19-21-33(44)3)39(46)49-24-20-25-58(52-55(7,8)9,53-56(10,11)12)54-57(13,14)15/h34-37H,3,16-29,31-32H2,1-2,4-15H3. The van der Waals surface area contributed by atoms with E-state index in [0.29, 0.717) is 38.5 Å². The van der Waals surface area contributed by atoms with E-state index in [1.165, 1.54) is 0 Å². The summed E-state index contributed by atoms with van der Waals surface area (Å²) in [6.45, 7) is 35.3. The molecule has 16 heteroatoms. The van der Waals surface area contributed by atoms with E-state index in [9.17, 15) is 19.6 Å². The molecule has 2 heterocycles. The number of nitrogens with zero attached hydrogens (tertiary/aromatic N) is 2. The molecule has 0 spiro atoms. The minimum absolute atomic E-state index is 0.0374. The number of epoxide rings is 1. The number of carbonyl (C=O) groups is 3. The van der Waals surface area contributed by atoms with E-state index < -0.39 is 62.4 Å². The highest BCUT2D eigenvalue weighted by atomic mass is 28.5. The molecule has 2 saturated heterocycles. The monoisotopic (exact) mass is 884 g/mol. The normalized spacial score (nSPS) is 20.0. The Morgan fingerprint density at radius 1 is 0.845 bits per heavy atom. The molecule has 0 radical (unpaired) electrons. The molecular formula is C42H80N2O10Si4. The molecule has 334 valence electrons. The first kappa shape index (κ1) is 52.3. The fraction of sp³-hybridized carbons (Fsp3) is 0.857. The molecule has 0 aromatic rings. The molecule has 2 fully saturated rings. The lowest BCUT2D eigenvalue weighted by Gasteiger charge is -2.43. The largest absolute Gasteiger partial charge is 0.469 e. The second-order valence-corrected chi connectivity index (χ2v) is 37.2. The van der Waals surface area contributed by atoms with Crippen LogP contribution in [0.3, 0.4) is 0 Å². The van der Waals surface area contributed by atoms with Crippen molar-refractivity contribution >= 4 is 51.7 Å². The van der Waals surface area contributed by atoms with Gasteiger partial charge in [0.05, 0.1) is 42.6 Å². The molecule has 0 N–H and O–H groups in total. The van der Waals surface area contributed by atoms with E-state index in [0.717, 1.165) is 37.9 Å². The molecule has 2 rings (SSSR count). The first-order valence-corrected chi connectivity index (χ1v) is 33.9. The molecule has 0 aliphatic carbocycles. The minimum atomic E-state index is -3.14. The molecule has 0 bridgehead atoms. The summed E-state index contributed by atoms with van der Waals surface area (Å²) < 4.78 is 43.4. The van der Waals surface area contributed by atoms with Gasteiger partial charge in [-0.15, -0.1) is 0 Å². The van der Waals surface area contributed by atoms with Crippen LogP contribution in [0.15, 0.2) is 12.3 Å². The lowest BCUT2D eigenvalue weighted by Crippen LogP contribution is -2.60. The molecule has 0 aromatic carbocycles. The summed E-state index contributed by atoms with van der Waals surface area (Å²) in [5.41, 5.74) is -1.23. The van der Waals surface area contributed by atoms with Gasteiger partial charge in [-0.2, -0.15) is 5.26 Å². The lowest BCUT2D eigenvalue weighted by molar-refractivity contribution is -0.160. The van der Waals surface area contributed by atoms with Crippen molar-refractivity contribution in [3.8, 4) is 6.07 Å². The van der Waals surface area contributed by atoms with Crippen molar-refractivity contribution in [1.82, 2.24) is 4.90 Å². The highest BCUT2D eigenvalue weighted by Crippen LogP contribution is 2.43. The first-order valence-electron chi connectivity index (χ1n) is 21.8. The summed E-state index contributed by atoms with van der Waals surface area (Å²) in [7, 11) is -9.39. The topological polar surface area (TPSA) is 146 Å². The summed E-state index contributed by atoms with van der Waals surface area (Å²) in [6.07, 6.45) is 5.24. The van der Waals surface area contributed by atoms with E-state index >= 15 is 0 Å². The van der Waals surface area contributed by atoms with Gasteiger partial charge in [0.15, 0.2) is 25.0 Å².